The molecule has 1 aliphatic carbocycles. The maximum Gasteiger partial charge on any atom is 0.407 e. The summed E-state index contributed by atoms with van der Waals surface area (Å²) in [6.07, 6.45) is 1.71. The highest BCUT2D eigenvalue weighted by Crippen LogP contribution is 2.42. The fourth-order valence-corrected chi connectivity index (χ4v) is 4.51. The molecule has 29 heavy (non-hydrogen) atoms. The first-order valence-electron chi connectivity index (χ1n) is 9.81. The minimum Gasteiger partial charge on any atom is -0.487 e. The predicted octanol–water partition coefficient (Wildman–Crippen LogP) is 3.00. The first-order chi connectivity index (χ1) is 13.8. The molecule has 1 aromatic carbocycles. The summed E-state index contributed by atoms with van der Waals surface area (Å²) in [5.74, 6) is -3.62. The molecule has 1 spiro atoms. The lowest BCUT2D eigenvalue weighted by Gasteiger charge is -2.45. The molecule has 1 saturated carbocycles. The molecule has 2 saturated heterocycles. The molecule has 1 unspecified atom stereocenters. The van der Waals surface area contributed by atoms with E-state index in [0.717, 1.165) is 6.07 Å². The SMILES string of the molecule is CC(Oc1cc(F)c(F)cc1F)C1CCN(C(=O)C2CC3(COC(=O)N3)C2)CC1. The van der Waals surface area contributed by atoms with Crippen molar-refractivity contribution in [3.05, 3.63) is 29.6 Å². The van der Waals surface area contributed by atoms with Crippen LogP contribution in [0, 0.1) is 29.3 Å². The highest BCUT2D eigenvalue weighted by atomic mass is 19.2. The Morgan fingerprint density at radius 2 is 1.86 bits per heavy atom. The molecule has 2 aliphatic heterocycles. The molecule has 9 heteroatoms. The van der Waals surface area contributed by atoms with Crippen LogP contribution in [-0.4, -0.2) is 48.2 Å². The number of hydrogen-bond acceptors (Lipinski definition) is 4. The number of halogens is 3. The number of carbonyl (C=O) groups is 2. The van der Waals surface area contributed by atoms with Gasteiger partial charge in [0, 0.05) is 31.1 Å². The number of benzene rings is 1. The molecule has 0 radical (unpaired) electrons. The average molecular weight is 412 g/mol. The van der Waals surface area contributed by atoms with Crippen molar-refractivity contribution in [3.8, 4) is 5.75 Å². The van der Waals surface area contributed by atoms with Gasteiger partial charge in [-0.1, -0.05) is 0 Å². The predicted molar refractivity (Wildman–Crippen MR) is 95.6 cm³/mol. The van der Waals surface area contributed by atoms with Gasteiger partial charge < -0.3 is 19.7 Å². The van der Waals surface area contributed by atoms with Crippen LogP contribution in [0.3, 0.4) is 0 Å². The Kier molecular flexibility index (Phi) is 5.08. The summed E-state index contributed by atoms with van der Waals surface area (Å²) >= 11 is 0. The molecule has 1 atom stereocenters. The summed E-state index contributed by atoms with van der Waals surface area (Å²) in [6.45, 7) is 3.20. The molecule has 6 nitrogen and oxygen atoms in total. The molecule has 0 aromatic heterocycles. The Labute approximate surface area is 166 Å². The van der Waals surface area contributed by atoms with Gasteiger partial charge in [-0.2, -0.15) is 0 Å². The Morgan fingerprint density at radius 1 is 1.21 bits per heavy atom. The number of likely N-dealkylation sites (tertiary alicyclic amines) is 1. The lowest BCUT2D eigenvalue weighted by Crippen LogP contribution is -2.58. The van der Waals surface area contributed by atoms with E-state index >= 15 is 0 Å². The number of nitrogens with zero attached hydrogens (tertiary/aromatic N) is 1. The van der Waals surface area contributed by atoms with E-state index in [2.05, 4.69) is 5.32 Å². The van der Waals surface area contributed by atoms with Gasteiger partial charge in [-0.15, -0.1) is 0 Å². The molecule has 0 bridgehead atoms. The number of amides is 2. The van der Waals surface area contributed by atoms with E-state index in [-0.39, 0.29) is 29.0 Å². The second-order valence-electron chi connectivity index (χ2n) is 8.27. The van der Waals surface area contributed by atoms with Gasteiger partial charge in [-0.05, 0) is 38.5 Å². The second-order valence-corrected chi connectivity index (χ2v) is 8.27. The van der Waals surface area contributed by atoms with Crippen molar-refractivity contribution in [1.82, 2.24) is 10.2 Å². The largest absolute Gasteiger partial charge is 0.487 e. The van der Waals surface area contributed by atoms with Crippen LogP contribution in [0.25, 0.3) is 0 Å². The normalized spacial score (nSPS) is 27.9. The number of ether oxygens (including phenoxy) is 2. The summed E-state index contributed by atoms with van der Waals surface area (Å²) in [5, 5.41) is 2.78. The van der Waals surface area contributed by atoms with Crippen LogP contribution in [0.2, 0.25) is 0 Å². The van der Waals surface area contributed by atoms with Gasteiger partial charge in [-0.25, -0.2) is 18.0 Å². The smallest absolute Gasteiger partial charge is 0.407 e. The molecule has 1 N–H and O–H groups in total. The molecule has 2 heterocycles. The van der Waals surface area contributed by atoms with Gasteiger partial charge in [0.2, 0.25) is 5.91 Å². The number of carbonyl (C=O) groups excluding carboxylic acids is 2. The highest BCUT2D eigenvalue weighted by Gasteiger charge is 2.53. The van der Waals surface area contributed by atoms with Crippen molar-refractivity contribution >= 4 is 12.0 Å². The highest BCUT2D eigenvalue weighted by molar-refractivity contribution is 5.81. The van der Waals surface area contributed by atoms with Gasteiger partial charge in [0.1, 0.15) is 6.61 Å². The number of hydrogen-bond donors (Lipinski definition) is 1. The van der Waals surface area contributed by atoms with E-state index in [1.54, 1.807) is 6.92 Å². The van der Waals surface area contributed by atoms with Crippen molar-refractivity contribution in [2.75, 3.05) is 19.7 Å². The van der Waals surface area contributed by atoms with Crippen molar-refractivity contribution in [2.24, 2.45) is 11.8 Å². The summed E-state index contributed by atoms with van der Waals surface area (Å²) in [7, 11) is 0. The summed E-state index contributed by atoms with van der Waals surface area (Å²) in [6, 6.07) is 1.19. The second kappa shape index (κ2) is 7.42. The van der Waals surface area contributed by atoms with Gasteiger partial charge in [0.15, 0.2) is 23.2 Å². The lowest BCUT2D eigenvalue weighted by atomic mass is 9.68. The average Bonchev–Trinajstić information content (AvgIpc) is 3.06. The van der Waals surface area contributed by atoms with Crippen LogP contribution in [0.5, 0.6) is 5.75 Å². The third-order valence-electron chi connectivity index (χ3n) is 6.27. The first-order valence-corrected chi connectivity index (χ1v) is 9.81. The molecule has 3 aliphatic rings. The Bertz CT molecular complexity index is 820. The zero-order chi connectivity index (χ0) is 20.8. The molecule has 4 rings (SSSR count). The summed E-state index contributed by atoms with van der Waals surface area (Å²) < 4.78 is 50.6. The fourth-order valence-electron chi connectivity index (χ4n) is 4.51. The minimum atomic E-state index is -1.25. The molecule has 158 valence electrons. The van der Waals surface area contributed by atoms with Crippen LogP contribution >= 0.6 is 0 Å². The van der Waals surface area contributed by atoms with E-state index in [9.17, 15) is 22.8 Å². The third-order valence-corrected chi connectivity index (χ3v) is 6.27. The first kappa shape index (κ1) is 19.8. The molecule has 2 amide bonds. The van der Waals surface area contributed by atoms with Crippen molar-refractivity contribution < 1.29 is 32.2 Å². The Balaban J connectivity index is 1.27. The van der Waals surface area contributed by atoms with E-state index < -0.39 is 29.6 Å². The fraction of sp³-hybridized carbons (Fsp3) is 0.600. The third kappa shape index (κ3) is 3.86. The van der Waals surface area contributed by atoms with Crippen molar-refractivity contribution in [1.29, 1.82) is 0 Å². The quantitative estimate of drug-likeness (QED) is 0.772. The van der Waals surface area contributed by atoms with Crippen LogP contribution in [0.1, 0.15) is 32.6 Å². The zero-order valence-corrected chi connectivity index (χ0v) is 16.1. The maximum absolute atomic E-state index is 13.8. The standard InChI is InChI=1S/C20H23F3N2O4/c1-11(29-17-7-15(22)14(21)6-16(17)23)12-2-4-25(5-3-12)18(26)13-8-20(9-13)10-28-19(27)24-20/h6-7,11-13H,2-5,8-10H2,1H3,(H,24,27). The van der Waals surface area contributed by atoms with E-state index in [4.69, 9.17) is 9.47 Å². The van der Waals surface area contributed by atoms with Gasteiger partial charge in [-0.3, -0.25) is 4.79 Å². The number of rotatable bonds is 4. The Morgan fingerprint density at radius 3 is 2.48 bits per heavy atom. The number of alkyl carbamates (subject to hydrolysis) is 1. The lowest BCUT2D eigenvalue weighted by molar-refractivity contribution is -0.143. The van der Waals surface area contributed by atoms with E-state index in [1.165, 1.54) is 0 Å². The molecule has 3 fully saturated rings. The topological polar surface area (TPSA) is 67.9 Å². The summed E-state index contributed by atoms with van der Waals surface area (Å²) in [4.78, 5) is 25.7. The van der Waals surface area contributed by atoms with Crippen LogP contribution < -0.4 is 10.1 Å². The van der Waals surface area contributed by atoms with Gasteiger partial charge >= 0.3 is 6.09 Å². The van der Waals surface area contributed by atoms with Crippen LogP contribution in [0.15, 0.2) is 12.1 Å². The minimum absolute atomic E-state index is 0.0711. The monoisotopic (exact) mass is 412 g/mol. The zero-order valence-electron chi connectivity index (χ0n) is 16.1. The maximum atomic E-state index is 13.8. The van der Waals surface area contributed by atoms with Gasteiger partial charge in [0.25, 0.3) is 0 Å². The molecular formula is C20H23F3N2O4. The Hall–Kier alpha value is -2.45. The number of nitrogens with one attached hydrogen (secondary N) is 1. The van der Waals surface area contributed by atoms with E-state index in [0.29, 0.717) is 51.4 Å². The van der Waals surface area contributed by atoms with Gasteiger partial charge in [0.05, 0.1) is 11.6 Å². The van der Waals surface area contributed by atoms with E-state index in [1.807, 2.05) is 4.90 Å². The van der Waals surface area contributed by atoms with Crippen molar-refractivity contribution in [3.63, 3.8) is 0 Å². The van der Waals surface area contributed by atoms with Crippen molar-refractivity contribution in [2.45, 2.75) is 44.2 Å². The number of cyclic esters (lactones) is 1. The van der Waals surface area contributed by atoms with Crippen LogP contribution in [0.4, 0.5) is 18.0 Å². The number of piperidine rings is 1. The molecular weight excluding hydrogens is 389 g/mol. The van der Waals surface area contributed by atoms with Crippen LogP contribution in [-0.2, 0) is 9.53 Å². The summed E-state index contributed by atoms with van der Waals surface area (Å²) in [5.41, 5.74) is -0.382. The molecule has 1 aromatic rings.